The fourth-order valence-electron chi connectivity index (χ4n) is 3.91. The SMILES string of the molecule is CC(=O)N(O)O[N]C(c1ccc(OCc2nc3ccccc3s2)cc1)C1CCCCC1. The van der Waals surface area contributed by atoms with Crippen LogP contribution in [0.1, 0.15) is 55.6 Å². The van der Waals surface area contributed by atoms with Crippen LogP contribution in [0.4, 0.5) is 0 Å². The summed E-state index contributed by atoms with van der Waals surface area (Å²) in [5.74, 6) is 0.437. The number of hydroxylamine groups is 3. The van der Waals surface area contributed by atoms with Gasteiger partial charge in [0.1, 0.15) is 17.4 Å². The van der Waals surface area contributed by atoms with Gasteiger partial charge in [0.2, 0.25) is 0 Å². The van der Waals surface area contributed by atoms with Gasteiger partial charge in [-0.2, -0.15) is 0 Å². The van der Waals surface area contributed by atoms with Crippen LogP contribution in [0.2, 0.25) is 0 Å². The lowest BCUT2D eigenvalue weighted by atomic mass is 9.81. The molecular weight excluding hydrogens is 414 g/mol. The molecule has 1 N–H and O–H groups in total. The number of hydrogen-bond acceptors (Lipinski definition) is 6. The van der Waals surface area contributed by atoms with Crippen molar-refractivity contribution in [3.63, 3.8) is 0 Å². The van der Waals surface area contributed by atoms with E-state index >= 15 is 0 Å². The number of ether oxygens (including phenoxy) is 1. The minimum Gasteiger partial charge on any atom is -0.486 e. The molecule has 7 nitrogen and oxygen atoms in total. The number of carbonyl (C=O) groups is 1. The number of amides is 1. The highest BCUT2D eigenvalue weighted by Gasteiger charge is 2.28. The fraction of sp³-hybridized carbons (Fsp3) is 0.391. The zero-order chi connectivity index (χ0) is 21.6. The molecule has 1 atom stereocenters. The standard InChI is InChI=1S/C23H26N3O4S/c1-16(27)26(28)30-25-23(17-7-3-2-4-8-17)18-11-13-19(14-12-18)29-15-22-24-20-9-5-6-10-21(20)31-22/h5-6,9-14,17,23,28H,2-4,7-8,15H2,1H3. The number of hydrogen-bond donors (Lipinski definition) is 1. The molecule has 0 spiro atoms. The van der Waals surface area contributed by atoms with Gasteiger partial charge in [0.05, 0.1) is 16.3 Å². The monoisotopic (exact) mass is 440 g/mol. The molecule has 1 aliphatic carbocycles. The van der Waals surface area contributed by atoms with Gasteiger partial charge < -0.3 is 4.74 Å². The van der Waals surface area contributed by atoms with E-state index in [-0.39, 0.29) is 11.3 Å². The molecule has 0 saturated heterocycles. The summed E-state index contributed by atoms with van der Waals surface area (Å²) in [6, 6.07) is 15.6. The van der Waals surface area contributed by atoms with Crippen molar-refractivity contribution in [3.05, 3.63) is 59.1 Å². The Hall–Kier alpha value is -2.52. The van der Waals surface area contributed by atoms with E-state index in [2.05, 4.69) is 16.5 Å². The Balaban J connectivity index is 1.41. The third-order valence-corrected chi connectivity index (χ3v) is 6.54. The Labute approximate surface area is 185 Å². The minimum absolute atomic E-state index is 0.172. The molecule has 1 saturated carbocycles. The normalized spacial score (nSPS) is 15.7. The van der Waals surface area contributed by atoms with E-state index in [9.17, 15) is 10.0 Å². The number of aromatic nitrogens is 1. The van der Waals surface area contributed by atoms with E-state index in [1.54, 1.807) is 11.3 Å². The van der Waals surface area contributed by atoms with Crippen LogP contribution in [0.5, 0.6) is 5.75 Å². The van der Waals surface area contributed by atoms with Gasteiger partial charge in [-0.15, -0.1) is 16.3 Å². The molecule has 4 rings (SSSR count). The van der Waals surface area contributed by atoms with E-state index in [0.29, 0.717) is 12.5 Å². The van der Waals surface area contributed by atoms with Gasteiger partial charge in [0.15, 0.2) is 0 Å². The van der Waals surface area contributed by atoms with Crippen molar-refractivity contribution in [3.8, 4) is 5.75 Å². The average molecular weight is 441 g/mol. The Morgan fingerprint density at radius 1 is 1.19 bits per heavy atom. The first-order chi connectivity index (χ1) is 15.1. The van der Waals surface area contributed by atoms with Crippen LogP contribution in [0, 0.1) is 5.92 Å². The highest BCUT2D eigenvalue weighted by molar-refractivity contribution is 7.18. The number of thiazole rings is 1. The number of para-hydroxylation sites is 1. The maximum atomic E-state index is 11.2. The molecule has 31 heavy (non-hydrogen) atoms. The molecule has 1 fully saturated rings. The van der Waals surface area contributed by atoms with Gasteiger partial charge in [-0.1, -0.05) is 54.2 Å². The van der Waals surface area contributed by atoms with Crippen molar-refractivity contribution >= 4 is 27.5 Å². The van der Waals surface area contributed by atoms with Crippen LogP contribution < -0.4 is 10.2 Å². The molecular formula is C23H26N3O4S. The lowest BCUT2D eigenvalue weighted by Crippen LogP contribution is -2.33. The molecule has 8 heteroatoms. The Morgan fingerprint density at radius 3 is 2.65 bits per heavy atom. The van der Waals surface area contributed by atoms with Gasteiger partial charge in [-0.25, -0.2) is 4.98 Å². The average Bonchev–Trinajstić information content (AvgIpc) is 3.22. The second-order valence-electron chi connectivity index (χ2n) is 7.75. The molecule has 1 heterocycles. The molecule has 1 aliphatic rings. The van der Waals surface area contributed by atoms with Crippen LogP contribution in [0.3, 0.4) is 0 Å². The third-order valence-electron chi connectivity index (χ3n) is 5.53. The molecule has 0 aliphatic heterocycles. The second-order valence-corrected chi connectivity index (χ2v) is 8.87. The number of benzene rings is 2. The predicted octanol–water partition coefficient (Wildman–Crippen LogP) is 5.19. The van der Waals surface area contributed by atoms with Crippen molar-refractivity contribution in [2.75, 3.05) is 0 Å². The van der Waals surface area contributed by atoms with Crippen LogP contribution >= 0.6 is 11.3 Å². The van der Waals surface area contributed by atoms with E-state index in [1.165, 1.54) is 13.3 Å². The van der Waals surface area contributed by atoms with Crippen LogP contribution in [0.15, 0.2) is 48.5 Å². The Bertz CT molecular complexity index is 968. The summed E-state index contributed by atoms with van der Waals surface area (Å²) in [5.41, 5.74) is 6.15. The Kier molecular flexibility index (Phi) is 7.14. The smallest absolute Gasteiger partial charge is 0.272 e. The number of carbonyl (C=O) groups excluding carboxylic acids is 1. The van der Waals surface area contributed by atoms with E-state index in [1.807, 2.05) is 42.5 Å². The Morgan fingerprint density at radius 2 is 1.94 bits per heavy atom. The first-order valence-electron chi connectivity index (χ1n) is 10.5. The van der Waals surface area contributed by atoms with Gasteiger partial charge in [-0.05, 0) is 48.6 Å². The van der Waals surface area contributed by atoms with Gasteiger partial charge in [0.25, 0.3) is 5.91 Å². The van der Waals surface area contributed by atoms with E-state index < -0.39 is 5.91 Å². The summed E-state index contributed by atoms with van der Waals surface area (Å²) in [6.45, 7) is 1.62. The van der Waals surface area contributed by atoms with Crippen LogP contribution in [-0.2, 0) is 16.3 Å². The quantitative estimate of drug-likeness (QED) is 0.385. The summed E-state index contributed by atoms with van der Waals surface area (Å²) < 4.78 is 7.07. The van der Waals surface area contributed by atoms with Gasteiger partial charge in [0, 0.05) is 6.92 Å². The maximum Gasteiger partial charge on any atom is 0.272 e. The molecule has 1 radical (unpaired) electrons. The third kappa shape index (κ3) is 5.59. The maximum absolute atomic E-state index is 11.2. The summed E-state index contributed by atoms with van der Waals surface area (Å²) in [6.07, 6.45) is 5.60. The number of fused-ring (bicyclic) bond motifs is 1. The molecule has 1 amide bonds. The fourth-order valence-corrected chi connectivity index (χ4v) is 4.79. The zero-order valence-corrected chi connectivity index (χ0v) is 18.3. The first kappa shape index (κ1) is 21.7. The zero-order valence-electron chi connectivity index (χ0n) is 17.4. The van der Waals surface area contributed by atoms with Crippen molar-refractivity contribution in [1.82, 2.24) is 15.7 Å². The summed E-state index contributed by atoms with van der Waals surface area (Å²) >= 11 is 1.63. The lowest BCUT2D eigenvalue weighted by molar-refractivity contribution is -0.351. The molecule has 1 aromatic heterocycles. The van der Waals surface area contributed by atoms with E-state index in [4.69, 9.17) is 9.68 Å². The predicted molar refractivity (Wildman–Crippen MR) is 117 cm³/mol. The second kappa shape index (κ2) is 10.2. The van der Waals surface area contributed by atoms with Crippen molar-refractivity contribution in [2.24, 2.45) is 5.92 Å². The number of nitrogens with zero attached hydrogens (tertiary/aromatic N) is 3. The van der Waals surface area contributed by atoms with Crippen LogP contribution in [-0.4, -0.2) is 21.3 Å². The van der Waals surface area contributed by atoms with E-state index in [0.717, 1.165) is 52.2 Å². The minimum atomic E-state index is -0.621. The highest BCUT2D eigenvalue weighted by Crippen LogP contribution is 2.36. The number of rotatable bonds is 8. The highest BCUT2D eigenvalue weighted by atomic mass is 32.1. The first-order valence-corrected chi connectivity index (χ1v) is 11.4. The van der Waals surface area contributed by atoms with Gasteiger partial charge >= 0.3 is 0 Å². The molecule has 3 aromatic rings. The van der Waals surface area contributed by atoms with Crippen LogP contribution in [0.25, 0.3) is 10.2 Å². The topological polar surface area (TPSA) is 86.0 Å². The molecule has 0 bridgehead atoms. The summed E-state index contributed by atoms with van der Waals surface area (Å²) in [5, 5.41) is 10.6. The van der Waals surface area contributed by atoms with Crippen molar-refractivity contribution < 1.29 is 19.7 Å². The van der Waals surface area contributed by atoms with Gasteiger partial charge in [-0.3, -0.25) is 10.0 Å². The van der Waals surface area contributed by atoms with Crippen molar-refractivity contribution in [1.29, 1.82) is 0 Å². The summed E-state index contributed by atoms with van der Waals surface area (Å²) in [4.78, 5) is 20.8. The largest absolute Gasteiger partial charge is 0.486 e. The molecule has 1 unspecified atom stereocenters. The molecule has 2 aromatic carbocycles. The lowest BCUT2D eigenvalue weighted by Gasteiger charge is -2.29. The van der Waals surface area contributed by atoms with Crippen molar-refractivity contribution in [2.45, 2.75) is 51.7 Å². The summed E-state index contributed by atoms with van der Waals surface area (Å²) in [7, 11) is 0. The molecule has 163 valence electrons.